The highest BCUT2D eigenvalue weighted by atomic mass is 32.1. The first-order valence-electron chi connectivity index (χ1n) is 13.4. The summed E-state index contributed by atoms with van der Waals surface area (Å²) in [5, 5.41) is 14.6. The molecule has 0 bridgehead atoms. The first-order valence-corrected chi connectivity index (χ1v) is 14.2. The zero-order valence-corrected chi connectivity index (χ0v) is 23.2. The number of rotatable bonds is 7. The minimum atomic E-state index is -4.28. The molecule has 0 saturated carbocycles. The van der Waals surface area contributed by atoms with E-state index in [0.717, 1.165) is 60.3 Å². The maximum absolute atomic E-state index is 13.1. The van der Waals surface area contributed by atoms with Crippen molar-refractivity contribution < 1.29 is 13.2 Å². The van der Waals surface area contributed by atoms with Crippen molar-refractivity contribution in [2.75, 3.05) is 18.4 Å². The molecule has 0 atom stereocenters. The second-order valence-electron chi connectivity index (χ2n) is 10.8. The van der Waals surface area contributed by atoms with Gasteiger partial charge in [-0.1, -0.05) is 12.1 Å². The van der Waals surface area contributed by atoms with Gasteiger partial charge in [-0.3, -0.25) is 9.88 Å². The number of anilines is 1. The molecule has 2 N–H and O–H groups in total. The number of pyridine rings is 1. The summed E-state index contributed by atoms with van der Waals surface area (Å²) < 4.78 is 39.3. The van der Waals surface area contributed by atoms with Gasteiger partial charge in [-0.2, -0.15) is 18.4 Å². The van der Waals surface area contributed by atoms with Gasteiger partial charge in [0.15, 0.2) is 0 Å². The van der Waals surface area contributed by atoms with Crippen LogP contribution in [0.25, 0.3) is 21.1 Å². The van der Waals surface area contributed by atoms with E-state index in [-0.39, 0.29) is 10.4 Å². The predicted molar refractivity (Wildman–Crippen MR) is 154 cm³/mol. The van der Waals surface area contributed by atoms with Crippen LogP contribution in [0, 0.1) is 18.3 Å². The van der Waals surface area contributed by atoms with Crippen LogP contribution in [0.4, 0.5) is 19.0 Å². The highest BCUT2D eigenvalue weighted by molar-refractivity contribution is 7.18. The number of thiophene rings is 1. The third-order valence-corrected chi connectivity index (χ3v) is 8.96. The third kappa shape index (κ3) is 5.89. The van der Waals surface area contributed by atoms with Gasteiger partial charge in [0, 0.05) is 53.3 Å². The number of aromatic nitrogens is 4. The van der Waals surface area contributed by atoms with Gasteiger partial charge < -0.3 is 10.3 Å². The number of hydrogen-bond acceptors (Lipinski definition) is 7. The molecule has 0 spiro atoms. The summed E-state index contributed by atoms with van der Waals surface area (Å²) in [4.78, 5) is 19.4. The molecule has 6 rings (SSSR count). The molecular weight excluding hydrogens is 547 g/mol. The standard InChI is InChI=1S/C30H28F3N7S/c1-19-21(4-5-26-24(19)11-22(15-34)38-26)17-40-9-6-29(7-10-40,13-20-3-2-8-35-16-20)39-27-25-12-23(14-30(31,32)33)41-28(25)37-18-36-27/h2-5,8,11-12,16,18,38H,6-7,9-10,13-14,17H2,1H3,(H,36,37,39). The Bertz CT molecular complexity index is 1730. The van der Waals surface area contributed by atoms with Gasteiger partial charge in [-0.05, 0) is 67.1 Å². The lowest BCUT2D eigenvalue weighted by atomic mass is 9.81. The molecule has 0 aliphatic carbocycles. The molecule has 4 aromatic heterocycles. The molecule has 0 radical (unpaired) electrons. The highest BCUT2D eigenvalue weighted by Crippen LogP contribution is 2.37. The quantitative estimate of drug-likeness (QED) is 0.229. The Kier molecular flexibility index (Phi) is 7.13. The Labute approximate surface area is 239 Å². The Morgan fingerprint density at radius 3 is 2.71 bits per heavy atom. The summed E-state index contributed by atoms with van der Waals surface area (Å²) in [6, 6.07) is 13.8. The average molecular weight is 576 g/mol. The largest absolute Gasteiger partial charge is 0.393 e. The van der Waals surface area contributed by atoms with Gasteiger partial charge >= 0.3 is 6.18 Å². The number of aromatic amines is 1. The van der Waals surface area contributed by atoms with Crippen molar-refractivity contribution >= 4 is 38.3 Å². The Balaban J connectivity index is 1.24. The fourth-order valence-electron chi connectivity index (χ4n) is 5.79. The molecule has 1 saturated heterocycles. The van der Waals surface area contributed by atoms with Crippen molar-refractivity contribution in [3.05, 3.63) is 82.4 Å². The summed E-state index contributed by atoms with van der Waals surface area (Å²) in [7, 11) is 0. The van der Waals surface area contributed by atoms with Gasteiger partial charge in [-0.25, -0.2) is 9.97 Å². The number of fused-ring (bicyclic) bond motifs is 2. The maximum atomic E-state index is 13.1. The summed E-state index contributed by atoms with van der Waals surface area (Å²) in [6.07, 6.45) is 2.12. The number of aryl methyl sites for hydroxylation is 1. The van der Waals surface area contributed by atoms with Crippen molar-refractivity contribution in [2.45, 2.75) is 50.9 Å². The monoisotopic (exact) mass is 575 g/mol. The molecule has 0 amide bonds. The minimum absolute atomic E-state index is 0.226. The predicted octanol–water partition coefficient (Wildman–Crippen LogP) is 6.54. The summed E-state index contributed by atoms with van der Waals surface area (Å²) >= 11 is 1.06. The van der Waals surface area contributed by atoms with Crippen LogP contribution in [-0.2, 0) is 19.4 Å². The molecule has 7 nitrogen and oxygen atoms in total. The van der Waals surface area contributed by atoms with Crippen LogP contribution in [0.15, 0.2) is 55.1 Å². The first-order chi connectivity index (χ1) is 19.7. The average Bonchev–Trinajstić information content (AvgIpc) is 3.56. The number of likely N-dealkylation sites (tertiary alicyclic amines) is 1. The number of H-pyrrole nitrogens is 1. The Morgan fingerprint density at radius 2 is 1.98 bits per heavy atom. The van der Waals surface area contributed by atoms with Crippen LogP contribution in [-0.4, -0.2) is 49.6 Å². The van der Waals surface area contributed by atoms with E-state index in [9.17, 15) is 18.4 Å². The van der Waals surface area contributed by atoms with Crippen molar-refractivity contribution in [1.82, 2.24) is 24.8 Å². The van der Waals surface area contributed by atoms with Crippen LogP contribution in [0.1, 0.15) is 40.1 Å². The summed E-state index contributed by atoms with van der Waals surface area (Å²) in [5.74, 6) is 0.569. The van der Waals surface area contributed by atoms with Crippen LogP contribution in [0.5, 0.6) is 0 Å². The molecular formula is C30H28F3N7S. The lowest BCUT2D eigenvalue weighted by molar-refractivity contribution is -0.126. The lowest BCUT2D eigenvalue weighted by Crippen LogP contribution is -2.50. The third-order valence-electron chi connectivity index (χ3n) is 7.92. The van der Waals surface area contributed by atoms with Gasteiger partial charge in [0.2, 0.25) is 0 Å². The van der Waals surface area contributed by atoms with E-state index in [1.807, 2.05) is 24.4 Å². The van der Waals surface area contributed by atoms with E-state index < -0.39 is 12.6 Å². The van der Waals surface area contributed by atoms with Crippen molar-refractivity contribution in [3.8, 4) is 6.07 Å². The van der Waals surface area contributed by atoms with E-state index in [1.54, 1.807) is 12.3 Å². The Hall–Kier alpha value is -4.01. The first kappa shape index (κ1) is 27.2. The molecule has 0 unspecified atom stereocenters. The number of piperidine rings is 1. The number of benzene rings is 1. The number of nitriles is 1. The molecule has 5 aromatic rings. The van der Waals surface area contributed by atoms with Crippen molar-refractivity contribution in [3.63, 3.8) is 0 Å². The van der Waals surface area contributed by atoms with E-state index in [2.05, 4.69) is 55.3 Å². The Morgan fingerprint density at radius 1 is 1.15 bits per heavy atom. The summed E-state index contributed by atoms with van der Waals surface area (Å²) in [5.41, 5.74) is 4.64. The fraction of sp³-hybridized carbons (Fsp3) is 0.333. The molecule has 1 aromatic carbocycles. The van der Waals surface area contributed by atoms with E-state index in [1.165, 1.54) is 17.5 Å². The van der Waals surface area contributed by atoms with E-state index in [0.29, 0.717) is 28.1 Å². The van der Waals surface area contributed by atoms with Crippen LogP contribution in [0.2, 0.25) is 0 Å². The lowest BCUT2D eigenvalue weighted by Gasteiger charge is -2.43. The van der Waals surface area contributed by atoms with Crippen LogP contribution >= 0.6 is 11.3 Å². The fourth-order valence-corrected chi connectivity index (χ4v) is 6.81. The molecule has 41 heavy (non-hydrogen) atoms. The van der Waals surface area contributed by atoms with Crippen molar-refractivity contribution in [2.24, 2.45) is 0 Å². The van der Waals surface area contributed by atoms with Gasteiger partial charge in [-0.15, -0.1) is 11.3 Å². The normalized spacial score (nSPS) is 15.8. The number of nitrogens with one attached hydrogen (secondary N) is 2. The molecule has 1 aliphatic heterocycles. The zero-order chi connectivity index (χ0) is 28.6. The number of hydrogen-bond donors (Lipinski definition) is 2. The van der Waals surface area contributed by atoms with E-state index in [4.69, 9.17) is 0 Å². The highest BCUT2D eigenvalue weighted by Gasteiger charge is 2.36. The van der Waals surface area contributed by atoms with Gasteiger partial charge in [0.1, 0.15) is 28.7 Å². The zero-order valence-electron chi connectivity index (χ0n) is 22.4. The van der Waals surface area contributed by atoms with Crippen LogP contribution in [0.3, 0.4) is 0 Å². The second-order valence-corrected chi connectivity index (χ2v) is 11.9. The van der Waals surface area contributed by atoms with Crippen molar-refractivity contribution in [1.29, 1.82) is 5.26 Å². The molecule has 1 aliphatic rings. The SMILES string of the molecule is Cc1c(CN2CCC(Cc3cccnc3)(Nc3ncnc4sc(CC(F)(F)F)cc34)CC2)ccc2[nH]c(C#N)cc12. The topological polar surface area (TPSA) is 93.5 Å². The van der Waals surface area contributed by atoms with Crippen LogP contribution < -0.4 is 5.32 Å². The molecule has 5 heterocycles. The molecule has 1 fully saturated rings. The molecule has 11 heteroatoms. The number of halogens is 3. The smallest absolute Gasteiger partial charge is 0.364 e. The second kappa shape index (κ2) is 10.8. The van der Waals surface area contributed by atoms with E-state index >= 15 is 0 Å². The maximum Gasteiger partial charge on any atom is 0.393 e. The molecule has 210 valence electrons. The summed E-state index contributed by atoms with van der Waals surface area (Å²) in [6.45, 7) is 4.55. The number of alkyl halides is 3. The number of nitrogens with zero attached hydrogens (tertiary/aromatic N) is 5. The minimum Gasteiger partial charge on any atom is -0.364 e. The van der Waals surface area contributed by atoms with Gasteiger partial charge in [0.05, 0.1) is 11.8 Å². The van der Waals surface area contributed by atoms with Gasteiger partial charge in [0.25, 0.3) is 0 Å².